The summed E-state index contributed by atoms with van der Waals surface area (Å²) in [7, 11) is 0. The van der Waals surface area contributed by atoms with Crippen LogP contribution in [0.2, 0.25) is 0 Å². The molecule has 0 aromatic heterocycles. The number of halogens is 2. The van der Waals surface area contributed by atoms with Gasteiger partial charge in [-0.15, -0.1) is 0 Å². The second kappa shape index (κ2) is 4.23. The first kappa shape index (κ1) is 9.98. The van der Waals surface area contributed by atoms with Crippen LogP contribution in [0.5, 0.6) is 0 Å². The molecule has 1 aromatic rings. The van der Waals surface area contributed by atoms with E-state index in [1.807, 2.05) is 0 Å². The van der Waals surface area contributed by atoms with E-state index in [1.54, 1.807) is 6.07 Å². The number of rotatable bonds is 3. The van der Waals surface area contributed by atoms with Crippen LogP contribution in [0, 0.1) is 5.82 Å². The third-order valence-corrected chi connectivity index (χ3v) is 2.04. The van der Waals surface area contributed by atoms with Gasteiger partial charge in [-0.1, -0.05) is 6.07 Å². The molecule has 70 valence electrons. The Bertz CT molecular complexity index is 310. The number of anilines is 1. The SMILES string of the molecule is O=C(O)CNc1c(F)cccc1Br. The van der Waals surface area contributed by atoms with Crippen LogP contribution in [0.25, 0.3) is 0 Å². The number of aliphatic carboxylic acids is 1. The summed E-state index contributed by atoms with van der Waals surface area (Å²) in [6, 6.07) is 4.42. The average molecular weight is 248 g/mol. The van der Waals surface area contributed by atoms with Crippen molar-refractivity contribution in [1.82, 2.24) is 0 Å². The summed E-state index contributed by atoms with van der Waals surface area (Å²) in [6.45, 7) is -0.306. The zero-order valence-electron chi connectivity index (χ0n) is 6.55. The van der Waals surface area contributed by atoms with Crippen LogP contribution in [0.15, 0.2) is 22.7 Å². The van der Waals surface area contributed by atoms with Crippen molar-refractivity contribution < 1.29 is 14.3 Å². The van der Waals surface area contributed by atoms with Gasteiger partial charge >= 0.3 is 5.97 Å². The van der Waals surface area contributed by atoms with Gasteiger partial charge in [0, 0.05) is 4.47 Å². The Balaban J connectivity index is 2.81. The summed E-state index contributed by atoms with van der Waals surface area (Å²) < 4.78 is 13.5. The number of carboxylic acids is 1. The number of hydrogen-bond donors (Lipinski definition) is 2. The van der Waals surface area contributed by atoms with Gasteiger partial charge in [0.2, 0.25) is 0 Å². The van der Waals surface area contributed by atoms with Crippen molar-refractivity contribution in [2.24, 2.45) is 0 Å². The van der Waals surface area contributed by atoms with Crippen molar-refractivity contribution in [3.8, 4) is 0 Å². The molecular formula is C8H7BrFNO2. The van der Waals surface area contributed by atoms with Crippen molar-refractivity contribution in [3.63, 3.8) is 0 Å². The fraction of sp³-hybridized carbons (Fsp3) is 0.125. The molecule has 0 atom stereocenters. The molecule has 0 bridgehead atoms. The van der Waals surface area contributed by atoms with Crippen molar-refractivity contribution in [3.05, 3.63) is 28.5 Å². The number of para-hydroxylation sites is 1. The maximum Gasteiger partial charge on any atom is 0.322 e. The van der Waals surface area contributed by atoms with Crippen LogP contribution in [0.4, 0.5) is 10.1 Å². The number of nitrogens with one attached hydrogen (secondary N) is 1. The molecule has 0 fully saturated rings. The molecule has 1 aromatic carbocycles. The molecule has 5 heteroatoms. The predicted octanol–water partition coefficient (Wildman–Crippen LogP) is 2.08. The van der Waals surface area contributed by atoms with Gasteiger partial charge in [0.05, 0.1) is 5.69 Å². The third-order valence-electron chi connectivity index (χ3n) is 1.38. The van der Waals surface area contributed by atoms with Crippen LogP contribution >= 0.6 is 15.9 Å². The molecule has 1 rings (SSSR count). The lowest BCUT2D eigenvalue weighted by atomic mass is 10.3. The molecule has 0 heterocycles. The lowest BCUT2D eigenvalue weighted by molar-refractivity contribution is -0.134. The minimum Gasteiger partial charge on any atom is -0.480 e. The summed E-state index contributed by atoms with van der Waals surface area (Å²) >= 11 is 3.10. The lowest BCUT2D eigenvalue weighted by Crippen LogP contribution is -2.13. The van der Waals surface area contributed by atoms with Gasteiger partial charge in [0.15, 0.2) is 0 Å². The van der Waals surface area contributed by atoms with Crippen LogP contribution in [0.1, 0.15) is 0 Å². The number of benzene rings is 1. The largest absolute Gasteiger partial charge is 0.480 e. The molecule has 0 radical (unpaired) electrons. The number of carboxylic acid groups (broad SMARTS) is 1. The number of hydrogen-bond acceptors (Lipinski definition) is 2. The van der Waals surface area contributed by atoms with E-state index in [0.717, 1.165) is 0 Å². The molecule has 0 saturated carbocycles. The molecule has 13 heavy (non-hydrogen) atoms. The Labute approximate surface area is 82.7 Å². The summed E-state index contributed by atoms with van der Waals surface area (Å²) in [5.41, 5.74) is 0.171. The predicted molar refractivity (Wildman–Crippen MR) is 50.2 cm³/mol. The normalized spacial score (nSPS) is 9.69. The highest BCUT2D eigenvalue weighted by molar-refractivity contribution is 9.10. The van der Waals surface area contributed by atoms with Crippen molar-refractivity contribution in [2.75, 3.05) is 11.9 Å². The van der Waals surface area contributed by atoms with E-state index in [9.17, 15) is 9.18 Å². The van der Waals surface area contributed by atoms with Gasteiger partial charge in [-0.05, 0) is 28.1 Å². The van der Waals surface area contributed by atoms with Gasteiger partial charge in [-0.25, -0.2) is 4.39 Å². The Morgan fingerprint density at radius 3 is 2.85 bits per heavy atom. The van der Waals surface area contributed by atoms with Gasteiger partial charge in [0.25, 0.3) is 0 Å². The summed E-state index contributed by atoms with van der Waals surface area (Å²) in [6.07, 6.45) is 0. The molecule has 2 N–H and O–H groups in total. The Morgan fingerprint density at radius 2 is 2.31 bits per heavy atom. The average Bonchev–Trinajstić information content (AvgIpc) is 2.03. The first-order chi connectivity index (χ1) is 6.11. The highest BCUT2D eigenvalue weighted by Crippen LogP contribution is 2.24. The smallest absolute Gasteiger partial charge is 0.322 e. The van der Waals surface area contributed by atoms with Crippen molar-refractivity contribution in [1.29, 1.82) is 0 Å². The molecule has 0 spiro atoms. The van der Waals surface area contributed by atoms with Gasteiger partial charge in [-0.2, -0.15) is 0 Å². The highest BCUT2D eigenvalue weighted by atomic mass is 79.9. The Hall–Kier alpha value is -1.10. The minimum absolute atomic E-state index is 0.171. The molecule has 0 aliphatic heterocycles. The molecule has 0 amide bonds. The van der Waals surface area contributed by atoms with Crippen LogP contribution in [-0.4, -0.2) is 17.6 Å². The molecule has 0 aliphatic carbocycles. The Morgan fingerprint density at radius 1 is 1.62 bits per heavy atom. The van der Waals surface area contributed by atoms with E-state index in [4.69, 9.17) is 5.11 Å². The van der Waals surface area contributed by atoms with Crippen LogP contribution in [-0.2, 0) is 4.79 Å². The van der Waals surface area contributed by atoms with E-state index in [0.29, 0.717) is 4.47 Å². The summed E-state index contributed by atoms with van der Waals surface area (Å²) in [4.78, 5) is 10.2. The second-order valence-electron chi connectivity index (χ2n) is 2.34. The molecule has 3 nitrogen and oxygen atoms in total. The zero-order valence-corrected chi connectivity index (χ0v) is 8.14. The fourth-order valence-electron chi connectivity index (χ4n) is 0.831. The third kappa shape index (κ3) is 2.69. The first-order valence-electron chi connectivity index (χ1n) is 3.51. The van der Waals surface area contributed by atoms with E-state index >= 15 is 0 Å². The van der Waals surface area contributed by atoms with Gasteiger partial charge in [-0.3, -0.25) is 4.79 Å². The fourth-order valence-corrected chi connectivity index (χ4v) is 1.31. The monoisotopic (exact) mass is 247 g/mol. The van der Waals surface area contributed by atoms with E-state index in [1.165, 1.54) is 12.1 Å². The lowest BCUT2D eigenvalue weighted by Gasteiger charge is -2.06. The topological polar surface area (TPSA) is 49.3 Å². The first-order valence-corrected chi connectivity index (χ1v) is 4.30. The van der Waals surface area contributed by atoms with Gasteiger partial charge < -0.3 is 10.4 Å². The molecule has 0 saturated heterocycles. The standard InChI is InChI=1S/C8H7BrFNO2/c9-5-2-1-3-6(10)8(5)11-4-7(12)13/h1-3,11H,4H2,(H,12,13). The summed E-state index contributed by atoms with van der Waals surface area (Å²) in [5, 5.41) is 10.8. The van der Waals surface area contributed by atoms with Crippen LogP contribution < -0.4 is 5.32 Å². The molecule has 0 unspecified atom stereocenters. The van der Waals surface area contributed by atoms with E-state index in [2.05, 4.69) is 21.2 Å². The maximum atomic E-state index is 13.0. The van der Waals surface area contributed by atoms with Gasteiger partial charge in [0.1, 0.15) is 12.4 Å². The van der Waals surface area contributed by atoms with E-state index in [-0.39, 0.29) is 12.2 Å². The minimum atomic E-state index is -1.03. The van der Waals surface area contributed by atoms with Crippen molar-refractivity contribution >= 4 is 27.6 Å². The highest BCUT2D eigenvalue weighted by Gasteiger charge is 2.06. The molecule has 0 aliphatic rings. The van der Waals surface area contributed by atoms with Crippen molar-refractivity contribution in [2.45, 2.75) is 0 Å². The quantitative estimate of drug-likeness (QED) is 0.860. The summed E-state index contributed by atoms with van der Waals surface area (Å²) in [5.74, 6) is -1.51. The van der Waals surface area contributed by atoms with Crippen LogP contribution in [0.3, 0.4) is 0 Å². The second-order valence-corrected chi connectivity index (χ2v) is 3.20. The molecular weight excluding hydrogens is 241 g/mol. The maximum absolute atomic E-state index is 13.0. The van der Waals surface area contributed by atoms with E-state index < -0.39 is 11.8 Å². The zero-order chi connectivity index (χ0) is 9.84. The number of carbonyl (C=O) groups is 1. The Kier molecular flexibility index (Phi) is 3.25.